The number of rotatable bonds is 3. The second-order valence-electron chi connectivity index (χ2n) is 6.03. The van der Waals surface area contributed by atoms with E-state index in [0.29, 0.717) is 17.8 Å². The van der Waals surface area contributed by atoms with Crippen molar-refractivity contribution in [2.24, 2.45) is 0 Å². The zero-order chi connectivity index (χ0) is 14.0. The maximum Gasteiger partial charge on any atom is 0.146 e. The molecule has 2 aliphatic rings. The summed E-state index contributed by atoms with van der Waals surface area (Å²) in [6, 6.07) is 2.57. The molecule has 0 unspecified atom stereocenters. The van der Waals surface area contributed by atoms with Gasteiger partial charge in [0.2, 0.25) is 0 Å². The first-order valence-electron chi connectivity index (χ1n) is 7.39. The molecule has 0 radical (unpaired) electrons. The third-order valence-corrected chi connectivity index (χ3v) is 4.36. The van der Waals surface area contributed by atoms with Crippen LogP contribution >= 0.6 is 0 Å². The third kappa shape index (κ3) is 1.68. The first-order valence-corrected chi connectivity index (χ1v) is 7.39. The summed E-state index contributed by atoms with van der Waals surface area (Å²) in [7, 11) is 0. The van der Waals surface area contributed by atoms with E-state index in [0.717, 1.165) is 28.1 Å². The van der Waals surface area contributed by atoms with Crippen molar-refractivity contribution in [3.05, 3.63) is 24.4 Å². The number of hydrogen-bond acceptors (Lipinski definition) is 5. The summed E-state index contributed by atoms with van der Waals surface area (Å²) < 4.78 is 7.68. The second-order valence-corrected chi connectivity index (χ2v) is 6.03. The lowest BCUT2D eigenvalue weighted by Crippen LogP contribution is -1.96. The Labute approximate surface area is 121 Å². The zero-order valence-corrected chi connectivity index (χ0v) is 11.5. The van der Waals surface area contributed by atoms with Gasteiger partial charge in [-0.15, -0.1) is 0 Å². The summed E-state index contributed by atoms with van der Waals surface area (Å²) in [5, 5.41) is 5.12. The minimum absolute atomic E-state index is 0.505. The summed E-state index contributed by atoms with van der Waals surface area (Å²) >= 11 is 0. The second kappa shape index (κ2) is 3.84. The fourth-order valence-electron chi connectivity index (χ4n) is 2.91. The number of nitrogens with two attached hydrogens (primary N) is 1. The molecule has 0 atom stereocenters. The molecular weight excluding hydrogens is 266 g/mol. The Hall–Kier alpha value is -2.37. The van der Waals surface area contributed by atoms with Crippen molar-refractivity contribution in [2.45, 2.75) is 37.6 Å². The molecule has 2 N–H and O–H groups in total. The number of fused-ring (bicyclic) bond motifs is 1. The van der Waals surface area contributed by atoms with Crippen LogP contribution < -0.4 is 5.73 Å². The Kier molecular flexibility index (Phi) is 2.07. The van der Waals surface area contributed by atoms with E-state index < -0.39 is 0 Å². The molecule has 0 aromatic carbocycles. The van der Waals surface area contributed by atoms with Gasteiger partial charge in [0.05, 0.1) is 5.39 Å². The molecular formula is C15H15N5O. The molecule has 0 spiro atoms. The Balaban J connectivity index is 1.73. The van der Waals surface area contributed by atoms with Gasteiger partial charge in [0, 0.05) is 29.8 Å². The zero-order valence-electron chi connectivity index (χ0n) is 11.5. The molecule has 3 aromatic rings. The van der Waals surface area contributed by atoms with Crippen LogP contribution in [0.4, 0.5) is 5.82 Å². The quantitative estimate of drug-likeness (QED) is 0.798. The predicted molar refractivity (Wildman–Crippen MR) is 77.7 cm³/mol. The Morgan fingerprint density at radius 2 is 2.05 bits per heavy atom. The Bertz CT molecular complexity index is 841. The van der Waals surface area contributed by atoms with Crippen LogP contribution in [0.1, 0.15) is 43.4 Å². The smallest absolute Gasteiger partial charge is 0.146 e. The van der Waals surface area contributed by atoms with Crippen LogP contribution in [0.2, 0.25) is 0 Å². The van der Waals surface area contributed by atoms with Crippen molar-refractivity contribution in [3.63, 3.8) is 0 Å². The average molecular weight is 281 g/mol. The minimum Gasteiger partial charge on any atom is -0.383 e. The van der Waals surface area contributed by atoms with Gasteiger partial charge in [-0.3, -0.25) is 0 Å². The van der Waals surface area contributed by atoms with Crippen LogP contribution in [0, 0.1) is 0 Å². The molecule has 2 aliphatic carbocycles. The molecule has 5 rings (SSSR count). The summed E-state index contributed by atoms with van der Waals surface area (Å²) in [5.41, 5.74) is 8.80. The van der Waals surface area contributed by atoms with E-state index in [1.54, 1.807) is 0 Å². The van der Waals surface area contributed by atoms with Crippen molar-refractivity contribution in [3.8, 4) is 11.3 Å². The predicted octanol–water partition coefficient (Wildman–Crippen LogP) is 2.88. The highest BCUT2D eigenvalue weighted by Crippen LogP contribution is 2.44. The van der Waals surface area contributed by atoms with E-state index >= 15 is 0 Å². The van der Waals surface area contributed by atoms with Gasteiger partial charge in [-0.05, 0) is 25.7 Å². The number of anilines is 1. The number of aromatic nitrogens is 4. The summed E-state index contributed by atoms with van der Waals surface area (Å²) in [4.78, 5) is 8.55. The molecule has 3 aromatic heterocycles. The van der Waals surface area contributed by atoms with Crippen LogP contribution in [-0.2, 0) is 0 Å². The van der Waals surface area contributed by atoms with Gasteiger partial charge in [-0.25, -0.2) is 9.97 Å². The van der Waals surface area contributed by atoms with Crippen LogP contribution in [0.15, 0.2) is 23.1 Å². The summed E-state index contributed by atoms with van der Waals surface area (Å²) in [6.07, 6.45) is 8.41. The van der Waals surface area contributed by atoms with E-state index in [-0.39, 0.29) is 0 Å². The van der Waals surface area contributed by atoms with Crippen LogP contribution in [0.3, 0.4) is 0 Å². The topological polar surface area (TPSA) is 82.8 Å². The van der Waals surface area contributed by atoms with Gasteiger partial charge < -0.3 is 14.8 Å². The highest BCUT2D eigenvalue weighted by atomic mass is 16.5. The maximum absolute atomic E-state index is 6.08. The first kappa shape index (κ1) is 11.3. The van der Waals surface area contributed by atoms with E-state index in [1.165, 1.54) is 32.0 Å². The minimum atomic E-state index is 0.505. The fraction of sp³-hybridized carbons (Fsp3) is 0.400. The molecule has 0 saturated heterocycles. The van der Waals surface area contributed by atoms with Gasteiger partial charge in [0.25, 0.3) is 0 Å². The van der Waals surface area contributed by atoms with Crippen molar-refractivity contribution in [1.82, 2.24) is 19.7 Å². The largest absolute Gasteiger partial charge is 0.383 e. The maximum atomic E-state index is 6.08. The lowest BCUT2D eigenvalue weighted by Gasteiger charge is -2.00. The van der Waals surface area contributed by atoms with Gasteiger partial charge in [0.1, 0.15) is 29.2 Å². The van der Waals surface area contributed by atoms with E-state index in [9.17, 15) is 0 Å². The fourth-order valence-corrected chi connectivity index (χ4v) is 2.91. The number of hydrogen-bond donors (Lipinski definition) is 1. The molecule has 2 saturated carbocycles. The van der Waals surface area contributed by atoms with Crippen LogP contribution in [-0.4, -0.2) is 19.7 Å². The molecule has 21 heavy (non-hydrogen) atoms. The lowest BCUT2D eigenvalue weighted by molar-refractivity contribution is 0.386. The van der Waals surface area contributed by atoms with Crippen molar-refractivity contribution < 1.29 is 4.52 Å². The van der Waals surface area contributed by atoms with Crippen LogP contribution in [0.25, 0.3) is 22.3 Å². The van der Waals surface area contributed by atoms with Crippen LogP contribution in [0.5, 0.6) is 0 Å². The Morgan fingerprint density at radius 3 is 2.81 bits per heavy atom. The lowest BCUT2D eigenvalue weighted by atomic mass is 10.1. The monoisotopic (exact) mass is 281 g/mol. The van der Waals surface area contributed by atoms with E-state index in [1.807, 2.05) is 6.07 Å². The molecule has 106 valence electrons. The van der Waals surface area contributed by atoms with Crippen molar-refractivity contribution in [1.29, 1.82) is 0 Å². The van der Waals surface area contributed by atoms with E-state index in [2.05, 4.69) is 25.9 Å². The number of nitrogen functional groups attached to an aromatic ring is 1. The highest BCUT2D eigenvalue weighted by Gasteiger charge is 2.30. The molecule has 0 bridgehead atoms. The molecule has 6 nitrogen and oxygen atoms in total. The first-order chi connectivity index (χ1) is 10.3. The van der Waals surface area contributed by atoms with Gasteiger partial charge >= 0.3 is 0 Å². The van der Waals surface area contributed by atoms with Crippen molar-refractivity contribution in [2.75, 3.05) is 5.73 Å². The van der Waals surface area contributed by atoms with E-state index in [4.69, 9.17) is 10.3 Å². The SMILES string of the molecule is Nc1ncnc2c1c(-c1cc(C3CC3)on1)cn2C1CC1. The summed E-state index contributed by atoms with van der Waals surface area (Å²) in [5.74, 6) is 2.04. The number of nitrogens with zero attached hydrogens (tertiary/aromatic N) is 4. The molecule has 0 amide bonds. The Morgan fingerprint density at radius 1 is 1.19 bits per heavy atom. The highest BCUT2D eigenvalue weighted by molar-refractivity contribution is 5.99. The average Bonchev–Trinajstić information content (AvgIpc) is 3.41. The molecule has 0 aliphatic heterocycles. The summed E-state index contributed by atoms with van der Waals surface area (Å²) in [6.45, 7) is 0. The molecule has 3 heterocycles. The standard InChI is InChI=1S/C15H15N5O/c16-14-13-10(11-5-12(21-19-11)8-1-2-8)6-20(9-3-4-9)15(13)18-7-17-14/h5-9H,1-4H2,(H2,16,17,18). The third-order valence-electron chi connectivity index (χ3n) is 4.36. The normalized spacial score (nSPS) is 18.5. The van der Waals surface area contributed by atoms with Gasteiger partial charge in [0.15, 0.2) is 0 Å². The van der Waals surface area contributed by atoms with Gasteiger partial charge in [-0.2, -0.15) is 0 Å². The van der Waals surface area contributed by atoms with Crippen molar-refractivity contribution >= 4 is 16.9 Å². The van der Waals surface area contributed by atoms with Gasteiger partial charge in [-0.1, -0.05) is 5.16 Å². The molecule has 2 fully saturated rings. The molecule has 6 heteroatoms.